The van der Waals surface area contributed by atoms with E-state index in [0.29, 0.717) is 10.6 Å². The highest BCUT2D eigenvalue weighted by molar-refractivity contribution is 7.89. The fourth-order valence-corrected chi connectivity index (χ4v) is 4.58. The van der Waals surface area contributed by atoms with Crippen molar-refractivity contribution in [2.24, 2.45) is 0 Å². The van der Waals surface area contributed by atoms with E-state index in [0.717, 1.165) is 12.8 Å². The molecule has 0 heterocycles. The van der Waals surface area contributed by atoms with Crippen molar-refractivity contribution in [1.82, 2.24) is 4.31 Å². The zero-order valence-corrected chi connectivity index (χ0v) is 14.7. The van der Waals surface area contributed by atoms with E-state index in [2.05, 4.69) is 0 Å². The molecule has 7 heteroatoms. The Bertz CT molecular complexity index is 575. The molecule has 0 radical (unpaired) electrons. The van der Waals surface area contributed by atoms with Crippen molar-refractivity contribution < 1.29 is 8.42 Å². The van der Waals surface area contributed by atoms with Crippen molar-refractivity contribution in [1.29, 1.82) is 0 Å². The van der Waals surface area contributed by atoms with Gasteiger partial charge in [0, 0.05) is 23.7 Å². The van der Waals surface area contributed by atoms with E-state index in [-0.39, 0.29) is 21.8 Å². The van der Waals surface area contributed by atoms with Crippen molar-refractivity contribution in [3.63, 3.8) is 0 Å². The van der Waals surface area contributed by atoms with E-state index in [9.17, 15) is 8.42 Å². The molecule has 3 nitrogen and oxygen atoms in total. The molecule has 114 valence electrons. The number of benzene rings is 1. The van der Waals surface area contributed by atoms with E-state index in [1.54, 1.807) is 7.05 Å². The Hall–Kier alpha value is -0.000000000000000167. The maximum atomic E-state index is 12.6. The normalized spacial score (nSPS) is 13.8. The molecule has 1 aromatic rings. The molecule has 0 saturated carbocycles. The Morgan fingerprint density at radius 1 is 1.30 bits per heavy atom. The molecule has 0 N–H and O–H groups in total. The summed E-state index contributed by atoms with van der Waals surface area (Å²) in [5.74, 6) is 0.0647. The lowest BCUT2D eigenvalue weighted by Crippen LogP contribution is -2.35. The number of hydrogen-bond acceptors (Lipinski definition) is 2. The maximum absolute atomic E-state index is 12.6. The second kappa shape index (κ2) is 7.32. The molecular formula is C13H18Cl3NO2S. The highest BCUT2D eigenvalue weighted by atomic mass is 35.5. The molecule has 1 unspecified atom stereocenters. The highest BCUT2D eigenvalue weighted by Gasteiger charge is 2.28. The quantitative estimate of drug-likeness (QED) is 0.700. The Kier molecular flexibility index (Phi) is 6.61. The summed E-state index contributed by atoms with van der Waals surface area (Å²) in [6.45, 7) is 3.88. The standard InChI is InChI=1S/C13H18Cl3NO2S/c1-4-5-9(2)17(3)20(18,19)12-7-6-11(15)10(8-14)13(12)16/h6-7,9H,4-5,8H2,1-3H3. The molecular weight excluding hydrogens is 341 g/mol. The van der Waals surface area contributed by atoms with E-state index in [1.807, 2.05) is 13.8 Å². The molecule has 0 aliphatic rings. The molecule has 1 atom stereocenters. The first-order valence-corrected chi connectivity index (χ1v) is 9.01. The first kappa shape index (κ1) is 18.1. The summed E-state index contributed by atoms with van der Waals surface area (Å²) in [6.07, 6.45) is 1.69. The topological polar surface area (TPSA) is 37.4 Å². The van der Waals surface area contributed by atoms with Crippen molar-refractivity contribution in [3.05, 3.63) is 27.7 Å². The molecule has 0 amide bonds. The van der Waals surface area contributed by atoms with Crippen LogP contribution >= 0.6 is 34.8 Å². The van der Waals surface area contributed by atoms with Gasteiger partial charge in [0.05, 0.1) is 10.9 Å². The van der Waals surface area contributed by atoms with Crippen molar-refractivity contribution in [2.45, 2.75) is 43.5 Å². The van der Waals surface area contributed by atoms with E-state index in [4.69, 9.17) is 34.8 Å². The Balaban J connectivity index is 3.29. The molecule has 0 aromatic heterocycles. The third-order valence-corrected chi connectivity index (χ3v) is 6.45. The molecule has 0 spiro atoms. The van der Waals surface area contributed by atoms with Crippen LogP contribution in [0, 0.1) is 0 Å². The van der Waals surface area contributed by atoms with Gasteiger partial charge in [-0.3, -0.25) is 0 Å². The molecule has 0 aliphatic heterocycles. The van der Waals surface area contributed by atoms with Crippen molar-refractivity contribution in [3.8, 4) is 0 Å². The molecule has 0 saturated heterocycles. The number of nitrogens with zero attached hydrogens (tertiary/aromatic N) is 1. The van der Waals surface area contributed by atoms with Gasteiger partial charge in [0.1, 0.15) is 4.90 Å². The Labute approximate surface area is 135 Å². The fourth-order valence-electron chi connectivity index (χ4n) is 1.89. The van der Waals surface area contributed by atoms with Gasteiger partial charge in [-0.25, -0.2) is 8.42 Å². The Morgan fingerprint density at radius 2 is 1.90 bits per heavy atom. The minimum absolute atomic E-state index is 0.0460. The van der Waals surface area contributed by atoms with Crippen LogP contribution in [0.25, 0.3) is 0 Å². The smallest absolute Gasteiger partial charge is 0.207 e. The average Bonchev–Trinajstić information content (AvgIpc) is 2.38. The zero-order chi connectivity index (χ0) is 15.5. The van der Waals surface area contributed by atoms with Crippen LogP contribution in [-0.4, -0.2) is 25.8 Å². The molecule has 20 heavy (non-hydrogen) atoms. The van der Waals surface area contributed by atoms with Gasteiger partial charge in [-0.15, -0.1) is 11.6 Å². The van der Waals surface area contributed by atoms with Gasteiger partial charge >= 0.3 is 0 Å². The van der Waals surface area contributed by atoms with Crippen LogP contribution in [0.15, 0.2) is 17.0 Å². The first-order valence-electron chi connectivity index (χ1n) is 6.28. The minimum atomic E-state index is -3.66. The van der Waals surface area contributed by atoms with Gasteiger partial charge < -0.3 is 0 Å². The zero-order valence-electron chi connectivity index (χ0n) is 11.7. The monoisotopic (exact) mass is 357 g/mol. The van der Waals surface area contributed by atoms with E-state index >= 15 is 0 Å². The molecule has 1 rings (SSSR count). The number of alkyl halides is 1. The molecule has 1 aromatic carbocycles. The van der Waals surface area contributed by atoms with Crippen LogP contribution in [0.3, 0.4) is 0 Å². The van der Waals surface area contributed by atoms with Crippen LogP contribution in [0.1, 0.15) is 32.3 Å². The van der Waals surface area contributed by atoms with Gasteiger partial charge in [0.15, 0.2) is 0 Å². The Morgan fingerprint density at radius 3 is 2.40 bits per heavy atom. The summed E-state index contributed by atoms with van der Waals surface area (Å²) in [5, 5.41) is 0.469. The lowest BCUT2D eigenvalue weighted by atomic mass is 10.2. The van der Waals surface area contributed by atoms with Crippen molar-refractivity contribution >= 4 is 44.8 Å². The number of hydrogen-bond donors (Lipinski definition) is 0. The predicted molar refractivity (Wildman–Crippen MR) is 85.3 cm³/mol. The van der Waals surface area contributed by atoms with Gasteiger partial charge in [-0.2, -0.15) is 4.31 Å². The fraction of sp³-hybridized carbons (Fsp3) is 0.538. The van der Waals surface area contributed by atoms with Gasteiger partial charge in [-0.1, -0.05) is 36.5 Å². The maximum Gasteiger partial charge on any atom is 0.244 e. The summed E-state index contributed by atoms with van der Waals surface area (Å²) in [7, 11) is -2.10. The second-order valence-corrected chi connectivity index (χ2v) is 7.65. The van der Waals surface area contributed by atoms with E-state index < -0.39 is 10.0 Å². The number of halogens is 3. The van der Waals surface area contributed by atoms with E-state index in [1.165, 1.54) is 16.4 Å². The number of sulfonamides is 1. The third-order valence-electron chi connectivity index (χ3n) is 3.27. The third kappa shape index (κ3) is 3.60. The lowest BCUT2D eigenvalue weighted by Gasteiger charge is -2.25. The predicted octanol–water partition coefficient (Wildman–Crippen LogP) is 4.54. The SMILES string of the molecule is CCCC(C)N(C)S(=O)(=O)c1ccc(Cl)c(CCl)c1Cl. The largest absolute Gasteiger partial charge is 0.244 e. The summed E-state index contributed by atoms with van der Waals surface area (Å²) in [5.41, 5.74) is 0.438. The first-order chi connectivity index (χ1) is 9.27. The number of rotatable bonds is 6. The summed E-state index contributed by atoms with van der Waals surface area (Å²) in [4.78, 5) is 0.0460. The summed E-state index contributed by atoms with van der Waals surface area (Å²) < 4.78 is 26.5. The van der Waals surface area contributed by atoms with Crippen LogP contribution in [0.5, 0.6) is 0 Å². The average molecular weight is 359 g/mol. The van der Waals surface area contributed by atoms with Gasteiger partial charge in [-0.05, 0) is 25.5 Å². The van der Waals surface area contributed by atoms with Crippen LogP contribution < -0.4 is 0 Å². The second-order valence-electron chi connectivity index (χ2n) is 4.63. The molecule has 0 bridgehead atoms. The lowest BCUT2D eigenvalue weighted by molar-refractivity contribution is 0.369. The van der Waals surface area contributed by atoms with Crippen LogP contribution in [0.2, 0.25) is 10.0 Å². The minimum Gasteiger partial charge on any atom is -0.207 e. The summed E-state index contributed by atoms with van der Waals surface area (Å²) in [6, 6.07) is 2.83. The van der Waals surface area contributed by atoms with Crippen molar-refractivity contribution in [2.75, 3.05) is 7.05 Å². The molecule has 0 aliphatic carbocycles. The van der Waals surface area contributed by atoms with Gasteiger partial charge in [0.25, 0.3) is 0 Å². The van der Waals surface area contributed by atoms with Crippen LogP contribution in [0.4, 0.5) is 0 Å². The highest BCUT2D eigenvalue weighted by Crippen LogP contribution is 2.34. The summed E-state index contributed by atoms with van der Waals surface area (Å²) >= 11 is 17.9. The van der Waals surface area contributed by atoms with Crippen LogP contribution in [-0.2, 0) is 15.9 Å². The van der Waals surface area contributed by atoms with Gasteiger partial charge in [0.2, 0.25) is 10.0 Å². The molecule has 0 fully saturated rings.